The molecule has 0 atom stereocenters. The van der Waals surface area contributed by atoms with Crippen molar-refractivity contribution in [2.45, 2.75) is 19.9 Å². The molecule has 0 radical (unpaired) electrons. The number of aromatic hydroxyl groups is 1. The number of rotatable bonds is 4. The van der Waals surface area contributed by atoms with Crippen LogP contribution < -0.4 is 0 Å². The molecule has 0 saturated carbocycles. The number of hydrogen-bond acceptors (Lipinski definition) is 4. The van der Waals surface area contributed by atoms with Gasteiger partial charge < -0.3 is 9.67 Å². The highest BCUT2D eigenvalue weighted by molar-refractivity contribution is 5.98. The van der Waals surface area contributed by atoms with E-state index >= 15 is 0 Å². The number of fused-ring (bicyclic) bond motifs is 1. The third-order valence-electron chi connectivity index (χ3n) is 3.88. The Balaban J connectivity index is 2.03. The highest BCUT2D eigenvalue weighted by atomic mass is 19.1. The van der Waals surface area contributed by atoms with Crippen molar-refractivity contribution >= 4 is 5.78 Å². The molecule has 3 rings (SSSR count). The second kappa shape index (κ2) is 6.13. The van der Waals surface area contributed by atoms with E-state index in [9.17, 15) is 14.3 Å². The average molecular weight is 323 g/mol. The van der Waals surface area contributed by atoms with Crippen LogP contribution >= 0.6 is 0 Å². The van der Waals surface area contributed by atoms with E-state index in [0.29, 0.717) is 22.6 Å². The Morgan fingerprint density at radius 1 is 1.42 bits per heavy atom. The molecule has 2 heterocycles. The molecule has 1 aromatic rings. The average Bonchev–Trinajstić information content (AvgIpc) is 2.85. The Morgan fingerprint density at radius 3 is 2.88 bits per heavy atom. The van der Waals surface area contributed by atoms with Gasteiger partial charge in [0, 0.05) is 17.5 Å². The number of benzene rings is 1. The number of phenols is 1. The second-order valence-electron chi connectivity index (χ2n) is 5.47. The maximum atomic E-state index is 14.0. The van der Waals surface area contributed by atoms with Crippen molar-refractivity contribution in [2.75, 3.05) is 0 Å². The fourth-order valence-electron chi connectivity index (χ4n) is 2.74. The number of aryl methyl sites for hydroxylation is 1. The number of nitriles is 1. The summed E-state index contributed by atoms with van der Waals surface area (Å²) in [7, 11) is 0. The van der Waals surface area contributed by atoms with Crippen LogP contribution in [0.3, 0.4) is 0 Å². The molecule has 0 amide bonds. The standard InChI is InChI=1S/C18H14FN3O2/c1-11-13(6-7-20)15-8-12(19)9-22(18(15)21-11)10-17(24)14-4-2-3-5-16(14)23/h2-5,8-9,23H,6,10H2,1H3. The summed E-state index contributed by atoms with van der Waals surface area (Å²) in [6.45, 7) is 1.59. The molecule has 2 aliphatic heterocycles. The molecule has 24 heavy (non-hydrogen) atoms. The number of carbonyl (C=O) groups is 1. The van der Waals surface area contributed by atoms with Crippen molar-refractivity contribution < 1.29 is 14.3 Å². The van der Waals surface area contributed by atoms with Crippen LogP contribution in [0.15, 0.2) is 36.5 Å². The van der Waals surface area contributed by atoms with E-state index in [0.717, 1.165) is 0 Å². The van der Waals surface area contributed by atoms with E-state index in [1.807, 2.05) is 6.07 Å². The lowest BCUT2D eigenvalue weighted by atomic mass is 10.1. The molecular formula is C18H14FN3O2. The smallest absolute Gasteiger partial charge is 0.186 e. The first-order chi connectivity index (χ1) is 11.5. The number of carbonyl (C=O) groups excluding carboxylic acids is 1. The predicted octanol–water partition coefficient (Wildman–Crippen LogP) is 3.09. The van der Waals surface area contributed by atoms with E-state index in [2.05, 4.69) is 4.98 Å². The van der Waals surface area contributed by atoms with Crippen LogP contribution in [-0.2, 0) is 13.0 Å². The number of pyridine rings is 1. The predicted molar refractivity (Wildman–Crippen MR) is 85.3 cm³/mol. The Morgan fingerprint density at radius 2 is 2.17 bits per heavy atom. The van der Waals surface area contributed by atoms with Crippen molar-refractivity contribution in [2.24, 2.45) is 0 Å². The van der Waals surface area contributed by atoms with Crippen LogP contribution in [0.4, 0.5) is 4.39 Å². The molecule has 0 aliphatic carbocycles. The molecule has 5 nitrogen and oxygen atoms in total. The Hall–Kier alpha value is -3.20. The normalized spacial score (nSPS) is 10.7. The third kappa shape index (κ3) is 2.72. The first kappa shape index (κ1) is 15.7. The highest BCUT2D eigenvalue weighted by Crippen LogP contribution is 2.30. The molecule has 0 spiro atoms. The fraction of sp³-hybridized carbons (Fsp3) is 0.167. The summed E-state index contributed by atoms with van der Waals surface area (Å²) in [5.74, 6) is -0.540. The number of halogens is 1. The molecule has 0 fully saturated rings. The van der Waals surface area contributed by atoms with Crippen LogP contribution in [0.25, 0.3) is 11.4 Å². The van der Waals surface area contributed by atoms with Gasteiger partial charge in [-0.3, -0.25) is 4.79 Å². The molecule has 0 bridgehead atoms. The van der Waals surface area contributed by atoms with Gasteiger partial charge >= 0.3 is 0 Å². The van der Waals surface area contributed by atoms with Crippen molar-refractivity contribution in [1.82, 2.24) is 9.55 Å². The van der Waals surface area contributed by atoms with Crippen LogP contribution in [-0.4, -0.2) is 20.4 Å². The van der Waals surface area contributed by atoms with E-state index in [4.69, 9.17) is 5.26 Å². The quantitative estimate of drug-likeness (QED) is 0.748. The summed E-state index contributed by atoms with van der Waals surface area (Å²) < 4.78 is 15.4. The first-order valence-corrected chi connectivity index (χ1v) is 7.34. The monoisotopic (exact) mass is 323 g/mol. The molecule has 120 valence electrons. The largest absolute Gasteiger partial charge is 0.507 e. The summed E-state index contributed by atoms with van der Waals surface area (Å²) >= 11 is 0. The molecular weight excluding hydrogens is 309 g/mol. The van der Waals surface area contributed by atoms with E-state index in [1.165, 1.54) is 29.0 Å². The number of Topliss-reactive ketones (excluding diaryl/α,β-unsaturated/α-hetero) is 1. The van der Waals surface area contributed by atoms with Crippen LogP contribution in [0, 0.1) is 24.1 Å². The van der Waals surface area contributed by atoms with Gasteiger partial charge in [-0.25, -0.2) is 9.37 Å². The zero-order chi connectivity index (χ0) is 17.3. The maximum Gasteiger partial charge on any atom is 0.186 e. The maximum absolute atomic E-state index is 14.0. The minimum atomic E-state index is -0.515. The van der Waals surface area contributed by atoms with Crippen LogP contribution in [0.2, 0.25) is 0 Å². The SMILES string of the molecule is Cc1nc2n(CC(=O)c3ccccc3O)cc(F)cc-2c1CC#N. The van der Waals surface area contributed by atoms with E-state index in [1.54, 1.807) is 19.1 Å². The van der Waals surface area contributed by atoms with Gasteiger partial charge in [0.1, 0.15) is 17.4 Å². The topological polar surface area (TPSA) is 78.9 Å². The Bertz CT molecular complexity index is 940. The summed E-state index contributed by atoms with van der Waals surface area (Å²) in [5.41, 5.74) is 2.00. The van der Waals surface area contributed by atoms with Gasteiger partial charge in [0.25, 0.3) is 0 Å². The second-order valence-corrected chi connectivity index (χ2v) is 5.47. The van der Waals surface area contributed by atoms with Crippen molar-refractivity contribution in [3.63, 3.8) is 0 Å². The van der Waals surface area contributed by atoms with Gasteiger partial charge in [0.15, 0.2) is 5.78 Å². The summed E-state index contributed by atoms with van der Waals surface area (Å²) in [6, 6.07) is 9.57. The molecule has 6 heteroatoms. The lowest BCUT2D eigenvalue weighted by molar-refractivity contribution is 0.0969. The van der Waals surface area contributed by atoms with E-state index in [-0.39, 0.29) is 30.1 Å². The Kier molecular flexibility index (Phi) is 4.00. The number of phenolic OH excluding ortho intramolecular Hbond substituents is 1. The van der Waals surface area contributed by atoms with Gasteiger partial charge in [-0.1, -0.05) is 12.1 Å². The summed E-state index contributed by atoms with van der Waals surface area (Å²) in [5, 5.41) is 18.7. The van der Waals surface area contributed by atoms with Crippen LogP contribution in [0.1, 0.15) is 21.6 Å². The van der Waals surface area contributed by atoms with Gasteiger partial charge in [0.2, 0.25) is 0 Å². The lowest BCUT2D eigenvalue weighted by Gasteiger charge is -2.12. The van der Waals surface area contributed by atoms with Crippen molar-refractivity contribution in [1.29, 1.82) is 5.26 Å². The molecule has 0 saturated heterocycles. The number of aromatic nitrogens is 2. The summed E-state index contributed by atoms with van der Waals surface area (Å²) in [6.07, 6.45) is 1.32. The minimum Gasteiger partial charge on any atom is -0.507 e. The van der Waals surface area contributed by atoms with E-state index < -0.39 is 5.82 Å². The minimum absolute atomic E-state index is 0.118. The molecule has 0 aromatic heterocycles. The van der Waals surface area contributed by atoms with Crippen molar-refractivity contribution in [3.8, 4) is 23.2 Å². The van der Waals surface area contributed by atoms with Gasteiger partial charge in [-0.05, 0) is 30.7 Å². The van der Waals surface area contributed by atoms with Gasteiger partial charge in [-0.2, -0.15) is 5.26 Å². The molecule has 1 aromatic carbocycles. The number of hydrogen-bond donors (Lipinski definition) is 1. The van der Waals surface area contributed by atoms with Gasteiger partial charge in [-0.15, -0.1) is 0 Å². The third-order valence-corrected chi connectivity index (χ3v) is 3.88. The molecule has 0 unspecified atom stereocenters. The zero-order valence-corrected chi connectivity index (χ0v) is 13.0. The van der Waals surface area contributed by atoms with Crippen molar-refractivity contribution in [3.05, 3.63) is 59.2 Å². The lowest BCUT2D eigenvalue weighted by Crippen LogP contribution is -2.14. The number of nitrogens with zero attached hydrogens (tertiary/aromatic N) is 3. The molecule has 1 N–H and O–H groups in total. The number of ketones is 1. The zero-order valence-electron chi connectivity index (χ0n) is 13.0. The molecule has 2 aliphatic rings. The number of para-hydroxylation sites is 1. The van der Waals surface area contributed by atoms with Gasteiger partial charge in [0.05, 0.1) is 24.6 Å². The fourth-order valence-corrected chi connectivity index (χ4v) is 2.74. The summed E-state index contributed by atoms with van der Waals surface area (Å²) in [4.78, 5) is 16.8. The Labute approximate surface area is 138 Å². The highest BCUT2D eigenvalue weighted by Gasteiger charge is 2.21. The van der Waals surface area contributed by atoms with Crippen LogP contribution in [0.5, 0.6) is 5.75 Å². The first-order valence-electron chi connectivity index (χ1n) is 7.34.